The van der Waals surface area contributed by atoms with Crippen LogP contribution in [0.15, 0.2) is 0 Å². The van der Waals surface area contributed by atoms with Crippen LogP contribution < -0.4 is 0 Å². The van der Waals surface area contributed by atoms with Gasteiger partial charge >= 0.3 is 5.97 Å². The summed E-state index contributed by atoms with van der Waals surface area (Å²) in [5.41, 5.74) is -0.334. The second-order valence-corrected chi connectivity index (χ2v) is 7.45. The minimum Gasteiger partial charge on any atom is -0.466 e. The van der Waals surface area contributed by atoms with Crippen molar-refractivity contribution in [1.29, 1.82) is 0 Å². The van der Waals surface area contributed by atoms with Crippen LogP contribution in [0.25, 0.3) is 0 Å². The van der Waals surface area contributed by atoms with Gasteiger partial charge in [-0.3, -0.25) is 4.79 Å². The van der Waals surface area contributed by atoms with Crippen LogP contribution in [0.1, 0.15) is 107 Å². The summed E-state index contributed by atoms with van der Waals surface area (Å²) < 4.78 is 4.75. The van der Waals surface area contributed by atoms with E-state index in [-0.39, 0.29) is 17.2 Å². The first-order valence-corrected chi connectivity index (χ1v) is 9.66. The zero-order valence-corrected chi connectivity index (χ0v) is 17.5. The lowest BCUT2D eigenvalue weighted by Crippen LogP contribution is -2.32. The molecule has 0 aromatic carbocycles. The topological polar surface area (TPSA) is 44.8 Å². The fourth-order valence-electron chi connectivity index (χ4n) is 2.27. The van der Waals surface area contributed by atoms with E-state index in [1.54, 1.807) is 0 Å². The second kappa shape index (κ2) is 14.7. The molecule has 0 saturated carbocycles. The Morgan fingerprint density at radius 1 is 0.750 bits per heavy atom. The lowest BCUT2D eigenvalue weighted by Gasteiger charge is -2.30. The van der Waals surface area contributed by atoms with Crippen molar-refractivity contribution in [1.82, 2.24) is 0 Å². The minimum absolute atomic E-state index is 0.0593. The average Bonchev–Trinajstić information content (AvgIpc) is 2.47. The Morgan fingerprint density at radius 2 is 1.21 bits per heavy atom. The van der Waals surface area contributed by atoms with Crippen molar-refractivity contribution in [2.75, 3.05) is 6.61 Å². The van der Waals surface area contributed by atoms with Crippen molar-refractivity contribution in [3.8, 4) is 0 Å². The zero-order chi connectivity index (χ0) is 19.1. The van der Waals surface area contributed by atoms with Gasteiger partial charge in [0.2, 0.25) is 0 Å². The van der Waals surface area contributed by atoms with Gasteiger partial charge in [-0.25, -0.2) is 9.78 Å². The van der Waals surface area contributed by atoms with Gasteiger partial charge in [0.1, 0.15) is 0 Å². The average molecular weight is 347 g/mol. The van der Waals surface area contributed by atoms with E-state index >= 15 is 0 Å². The normalized spacial score (nSPS) is 11.7. The second-order valence-electron chi connectivity index (χ2n) is 7.45. The summed E-state index contributed by atoms with van der Waals surface area (Å²) >= 11 is 0. The highest BCUT2D eigenvalue weighted by Gasteiger charge is 2.25. The van der Waals surface area contributed by atoms with Crippen LogP contribution in [0.4, 0.5) is 0 Å². The van der Waals surface area contributed by atoms with E-state index in [4.69, 9.17) is 14.5 Å². The third kappa shape index (κ3) is 17.7. The van der Waals surface area contributed by atoms with Gasteiger partial charge in [0.15, 0.2) is 0 Å². The van der Waals surface area contributed by atoms with E-state index in [1.807, 2.05) is 6.92 Å². The summed E-state index contributed by atoms with van der Waals surface area (Å²) in [6, 6.07) is 0. The fourth-order valence-corrected chi connectivity index (χ4v) is 2.27. The summed E-state index contributed by atoms with van der Waals surface area (Å²) in [6.07, 6.45) is 8.11. The van der Waals surface area contributed by atoms with Gasteiger partial charge in [0.05, 0.1) is 17.8 Å². The molecule has 0 aromatic rings. The number of esters is 1. The van der Waals surface area contributed by atoms with E-state index in [9.17, 15) is 4.79 Å². The van der Waals surface area contributed by atoms with E-state index in [0.717, 1.165) is 44.9 Å². The maximum Gasteiger partial charge on any atom is 0.305 e. The molecule has 0 aliphatic rings. The molecule has 0 bridgehead atoms. The van der Waals surface area contributed by atoms with Crippen molar-refractivity contribution in [2.45, 2.75) is 118 Å². The molecule has 0 heterocycles. The van der Waals surface area contributed by atoms with Crippen LogP contribution in [-0.2, 0) is 19.3 Å². The number of hydrogen-bond acceptors (Lipinski definition) is 4. The molecule has 0 aromatic heterocycles. The highest BCUT2D eigenvalue weighted by atomic mass is 17.2. The fraction of sp³-hybridized carbons (Fsp3) is 0.950. The Balaban J connectivity index is 0. The number of unbranched alkanes of at least 4 members (excludes halogenated alkanes) is 2. The first-order valence-electron chi connectivity index (χ1n) is 9.66. The highest BCUT2D eigenvalue weighted by molar-refractivity contribution is 5.69. The molecule has 0 saturated heterocycles. The van der Waals surface area contributed by atoms with Crippen molar-refractivity contribution >= 4 is 5.97 Å². The lowest BCUT2D eigenvalue weighted by molar-refractivity contribution is -0.402. The third-order valence-corrected chi connectivity index (χ3v) is 3.49. The first kappa shape index (κ1) is 25.6. The van der Waals surface area contributed by atoms with Crippen molar-refractivity contribution in [3.63, 3.8) is 0 Å². The molecule has 0 fully saturated rings. The molecule has 0 atom stereocenters. The van der Waals surface area contributed by atoms with Gasteiger partial charge in [-0.1, -0.05) is 46.5 Å². The Kier molecular flexibility index (Phi) is 15.7. The Labute approximate surface area is 150 Å². The molecule has 24 heavy (non-hydrogen) atoms. The number of ether oxygens (including phenoxy) is 1. The van der Waals surface area contributed by atoms with Crippen molar-refractivity contribution < 1.29 is 19.3 Å². The van der Waals surface area contributed by atoms with Crippen LogP contribution in [-0.4, -0.2) is 23.8 Å². The number of rotatable bonds is 12. The summed E-state index contributed by atoms with van der Waals surface area (Å²) in [7, 11) is 0. The standard InChI is InChI=1S/C12H26O2.C8H16O2/c1-7-9-11(3,4)13-14-12(5,6)10-8-2;1-3-5-6-7-8(9)10-4-2/h7-10H2,1-6H3;3-7H2,1-2H3. The molecule has 0 rings (SSSR count). The largest absolute Gasteiger partial charge is 0.466 e. The van der Waals surface area contributed by atoms with Crippen LogP contribution in [0.5, 0.6) is 0 Å². The SMILES string of the molecule is CCCC(C)(C)OOC(C)(C)CCC.CCCCCC(=O)OCC. The molecule has 0 aliphatic carbocycles. The van der Waals surface area contributed by atoms with E-state index in [1.165, 1.54) is 0 Å². The molecule has 0 N–H and O–H groups in total. The van der Waals surface area contributed by atoms with Crippen LogP contribution in [0, 0.1) is 0 Å². The van der Waals surface area contributed by atoms with Gasteiger partial charge in [-0.2, -0.15) is 0 Å². The van der Waals surface area contributed by atoms with Crippen molar-refractivity contribution in [3.05, 3.63) is 0 Å². The maximum absolute atomic E-state index is 10.7. The molecule has 0 unspecified atom stereocenters. The van der Waals surface area contributed by atoms with Crippen LogP contribution in [0.2, 0.25) is 0 Å². The maximum atomic E-state index is 10.7. The number of hydrogen-bond donors (Lipinski definition) is 0. The minimum atomic E-state index is -0.167. The van der Waals surface area contributed by atoms with Gasteiger partial charge < -0.3 is 4.74 Å². The highest BCUT2D eigenvalue weighted by Crippen LogP contribution is 2.23. The van der Waals surface area contributed by atoms with Gasteiger partial charge in [-0.05, 0) is 53.9 Å². The first-order chi connectivity index (χ1) is 11.1. The predicted molar refractivity (Wildman–Crippen MR) is 101 cm³/mol. The summed E-state index contributed by atoms with van der Waals surface area (Å²) in [5, 5.41) is 0. The predicted octanol–water partition coefficient (Wildman–Crippen LogP) is 6.22. The summed E-state index contributed by atoms with van der Waals surface area (Å²) in [5.74, 6) is -0.0593. The monoisotopic (exact) mass is 346 g/mol. The molecule has 0 aliphatic heterocycles. The van der Waals surface area contributed by atoms with Crippen molar-refractivity contribution in [2.24, 2.45) is 0 Å². The molecular weight excluding hydrogens is 304 g/mol. The molecular formula is C20H42O4. The third-order valence-electron chi connectivity index (χ3n) is 3.49. The summed E-state index contributed by atoms with van der Waals surface area (Å²) in [4.78, 5) is 21.7. The van der Waals surface area contributed by atoms with Gasteiger partial charge in [-0.15, -0.1) is 0 Å². The number of carbonyl (C=O) groups is 1. The Morgan fingerprint density at radius 3 is 1.54 bits per heavy atom. The van der Waals surface area contributed by atoms with E-state index in [2.05, 4.69) is 48.5 Å². The lowest BCUT2D eigenvalue weighted by atomic mass is 10.0. The van der Waals surface area contributed by atoms with E-state index < -0.39 is 0 Å². The quantitative estimate of drug-likeness (QED) is 0.182. The Bertz CT molecular complexity index is 280. The summed E-state index contributed by atoms with van der Waals surface area (Å²) in [6.45, 7) is 17.0. The zero-order valence-electron chi connectivity index (χ0n) is 17.5. The van der Waals surface area contributed by atoms with Crippen LogP contribution in [0.3, 0.4) is 0 Å². The van der Waals surface area contributed by atoms with E-state index in [0.29, 0.717) is 13.0 Å². The molecule has 0 spiro atoms. The number of carbonyl (C=O) groups excluding carboxylic acids is 1. The smallest absolute Gasteiger partial charge is 0.305 e. The molecule has 4 nitrogen and oxygen atoms in total. The van der Waals surface area contributed by atoms with Gasteiger partial charge in [0.25, 0.3) is 0 Å². The molecule has 0 radical (unpaired) electrons. The van der Waals surface area contributed by atoms with Crippen LogP contribution >= 0.6 is 0 Å². The molecule has 146 valence electrons. The molecule has 4 heteroatoms. The Hall–Kier alpha value is -0.610. The molecule has 0 amide bonds. The van der Waals surface area contributed by atoms with Gasteiger partial charge in [0, 0.05) is 6.42 Å².